The van der Waals surface area contributed by atoms with Gasteiger partial charge in [-0.1, -0.05) is 18.2 Å². The summed E-state index contributed by atoms with van der Waals surface area (Å²) in [4.78, 5) is 35.8. The van der Waals surface area contributed by atoms with Crippen LogP contribution in [0.5, 0.6) is 5.75 Å². The standard InChI is InChI=1S/C32H38N4O3/c1-21-19-30(39-4)27(32(38)34-21)9-10-29(37)31-23(3)36(28-8-6-5-7-26(28)31)22(2)25-13-17-35(18-14-25)20-24-11-15-33-16-12-24/h5-8,11-12,15-16,19,22,25H,9-10,13-14,17-18,20H2,1-4H3,(H,34,38)/t22-/m1/s1. The molecule has 3 aromatic heterocycles. The largest absolute Gasteiger partial charge is 0.496 e. The number of nitrogens with zero attached hydrogens (tertiary/aromatic N) is 3. The number of carbonyl (C=O) groups is 1. The fourth-order valence-corrected chi connectivity index (χ4v) is 6.29. The van der Waals surface area contributed by atoms with E-state index in [4.69, 9.17) is 4.74 Å². The number of methoxy groups -OCH3 is 1. The molecule has 1 atom stereocenters. The van der Waals surface area contributed by atoms with Gasteiger partial charge in [-0.3, -0.25) is 19.5 Å². The number of aromatic nitrogens is 3. The third kappa shape index (κ3) is 5.55. The fraction of sp³-hybridized carbons (Fsp3) is 0.406. The monoisotopic (exact) mass is 526 g/mol. The molecule has 1 aliphatic rings. The van der Waals surface area contributed by atoms with Crippen molar-refractivity contribution in [2.45, 2.75) is 59.0 Å². The normalized spacial score (nSPS) is 15.5. The van der Waals surface area contributed by atoms with Crippen LogP contribution in [0.1, 0.15) is 65.1 Å². The van der Waals surface area contributed by atoms with Crippen molar-refractivity contribution < 1.29 is 9.53 Å². The van der Waals surface area contributed by atoms with Crippen molar-refractivity contribution in [3.05, 3.63) is 93.3 Å². The summed E-state index contributed by atoms with van der Waals surface area (Å²) in [6.07, 6.45) is 6.55. The number of piperidine rings is 1. The van der Waals surface area contributed by atoms with Gasteiger partial charge in [-0.2, -0.15) is 0 Å². The molecule has 0 unspecified atom stereocenters. The van der Waals surface area contributed by atoms with Gasteiger partial charge in [-0.25, -0.2) is 0 Å². The van der Waals surface area contributed by atoms with Crippen molar-refractivity contribution in [3.63, 3.8) is 0 Å². The summed E-state index contributed by atoms with van der Waals surface area (Å²) in [6.45, 7) is 9.28. The molecule has 5 rings (SSSR count). The van der Waals surface area contributed by atoms with Crippen LogP contribution in [0, 0.1) is 19.8 Å². The molecular formula is C32H38N4O3. The number of likely N-dealkylation sites (tertiary alicyclic amines) is 1. The Morgan fingerprint density at radius 3 is 2.56 bits per heavy atom. The zero-order chi connectivity index (χ0) is 27.5. The van der Waals surface area contributed by atoms with E-state index in [1.165, 1.54) is 5.56 Å². The Hall–Kier alpha value is -3.71. The average Bonchev–Trinajstić information content (AvgIpc) is 3.24. The van der Waals surface area contributed by atoms with Gasteiger partial charge >= 0.3 is 0 Å². The number of para-hydroxylation sites is 1. The van der Waals surface area contributed by atoms with Crippen LogP contribution in [-0.2, 0) is 13.0 Å². The molecule has 0 bridgehead atoms. The predicted molar refractivity (Wildman–Crippen MR) is 155 cm³/mol. The number of Topliss-reactive ketones (excluding diaryl/α,β-unsaturated/α-hetero) is 1. The van der Waals surface area contributed by atoms with Crippen LogP contribution in [0.25, 0.3) is 10.9 Å². The number of pyridine rings is 2. The molecule has 0 radical (unpaired) electrons. The molecule has 4 heterocycles. The lowest BCUT2D eigenvalue weighted by Crippen LogP contribution is -2.36. The average molecular weight is 527 g/mol. The van der Waals surface area contributed by atoms with Crippen LogP contribution in [0.15, 0.2) is 59.7 Å². The minimum absolute atomic E-state index is 0.0591. The number of H-pyrrole nitrogens is 1. The SMILES string of the molecule is COc1cc(C)[nH]c(=O)c1CCC(=O)c1c(C)n([C@H](C)C2CCN(Cc3ccncc3)CC2)c2ccccc12. The predicted octanol–water partition coefficient (Wildman–Crippen LogP) is 5.64. The Morgan fingerprint density at radius 2 is 1.85 bits per heavy atom. The minimum atomic E-state index is -0.192. The number of nitrogens with one attached hydrogen (secondary N) is 1. The van der Waals surface area contributed by atoms with Crippen LogP contribution in [-0.4, -0.2) is 45.4 Å². The molecule has 1 aromatic carbocycles. The third-order valence-corrected chi connectivity index (χ3v) is 8.36. The molecule has 7 heteroatoms. The first kappa shape index (κ1) is 26.9. The quantitative estimate of drug-likeness (QED) is 0.286. The van der Waals surface area contributed by atoms with Crippen molar-refractivity contribution in [3.8, 4) is 5.75 Å². The summed E-state index contributed by atoms with van der Waals surface area (Å²) in [5.41, 5.74) is 5.26. The van der Waals surface area contributed by atoms with E-state index in [1.807, 2.05) is 37.5 Å². The number of ether oxygens (including phenoxy) is 1. The van der Waals surface area contributed by atoms with Gasteiger partial charge < -0.3 is 14.3 Å². The van der Waals surface area contributed by atoms with Crippen LogP contribution in [0.2, 0.25) is 0 Å². The van der Waals surface area contributed by atoms with Crippen molar-refractivity contribution in [2.75, 3.05) is 20.2 Å². The number of aromatic amines is 1. The Bertz CT molecular complexity index is 1510. The highest BCUT2D eigenvalue weighted by atomic mass is 16.5. The molecule has 204 valence electrons. The first-order chi connectivity index (χ1) is 18.9. The third-order valence-electron chi connectivity index (χ3n) is 8.36. The van der Waals surface area contributed by atoms with Gasteiger partial charge in [0.2, 0.25) is 0 Å². The van der Waals surface area contributed by atoms with E-state index in [-0.39, 0.29) is 23.8 Å². The fourth-order valence-electron chi connectivity index (χ4n) is 6.29. The summed E-state index contributed by atoms with van der Waals surface area (Å²) >= 11 is 0. The molecule has 7 nitrogen and oxygen atoms in total. The van der Waals surface area contributed by atoms with Gasteiger partial charge in [0.25, 0.3) is 5.56 Å². The number of hydrogen-bond donors (Lipinski definition) is 1. The Labute approximate surface area is 229 Å². The van der Waals surface area contributed by atoms with Crippen molar-refractivity contribution in [2.24, 2.45) is 5.92 Å². The smallest absolute Gasteiger partial charge is 0.255 e. The molecule has 0 spiro atoms. The summed E-state index contributed by atoms with van der Waals surface area (Å²) < 4.78 is 7.82. The van der Waals surface area contributed by atoms with Crippen LogP contribution in [0.3, 0.4) is 0 Å². The molecule has 0 aliphatic carbocycles. The number of fused-ring (bicyclic) bond motifs is 1. The second-order valence-corrected chi connectivity index (χ2v) is 10.8. The van der Waals surface area contributed by atoms with Gasteiger partial charge in [0.1, 0.15) is 5.75 Å². The van der Waals surface area contributed by atoms with Gasteiger partial charge in [0.05, 0.1) is 12.7 Å². The van der Waals surface area contributed by atoms with Gasteiger partial charge in [0, 0.05) is 59.3 Å². The van der Waals surface area contributed by atoms with Crippen molar-refractivity contribution in [1.82, 2.24) is 19.4 Å². The summed E-state index contributed by atoms with van der Waals surface area (Å²) in [5.74, 6) is 1.13. The first-order valence-electron chi connectivity index (χ1n) is 13.9. The van der Waals surface area contributed by atoms with Crippen molar-refractivity contribution >= 4 is 16.7 Å². The lowest BCUT2D eigenvalue weighted by Gasteiger charge is -2.36. The van der Waals surface area contributed by atoms with Crippen LogP contribution >= 0.6 is 0 Å². The highest BCUT2D eigenvalue weighted by Crippen LogP contribution is 2.36. The molecule has 0 saturated carbocycles. The molecule has 0 amide bonds. The zero-order valence-corrected chi connectivity index (χ0v) is 23.4. The molecule has 1 fully saturated rings. The topological polar surface area (TPSA) is 80.2 Å². The molecule has 4 aromatic rings. The number of ketones is 1. The lowest BCUT2D eigenvalue weighted by atomic mass is 9.89. The highest BCUT2D eigenvalue weighted by molar-refractivity contribution is 6.09. The molecule has 39 heavy (non-hydrogen) atoms. The second kappa shape index (κ2) is 11.6. The number of carbonyl (C=O) groups excluding carboxylic acids is 1. The Kier molecular flexibility index (Phi) is 7.98. The van der Waals surface area contributed by atoms with E-state index >= 15 is 0 Å². The molecular weight excluding hydrogens is 488 g/mol. The minimum Gasteiger partial charge on any atom is -0.496 e. The van der Waals surface area contributed by atoms with Gasteiger partial charge in [0.15, 0.2) is 5.78 Å². The van der Waals surface area contributed by atoms with E-state index in [0.29, 0.717) is 23.7 Å². The Morgan fingerprint density at radius 1 is 1.13 bits per heavy atom. The Balaban J connectivity index is 1.35. The summed E-state index contributed by atoms with van der Waals surface area (Å²) in [7, 11) is 1.56. The molecule has 1 saturated heterocycles. The maximum atomic E-state index is 13.7. The first-order valence-corrected chi connectivity index (χ1v) is 13.9. The second-order valence-electron chi connectivity index (χ2n) is 10.8. The van der Waals surface area contributed by atoms with Gasteiger partial charge in [-0.15, -0.1) is 0 Å². The number of rotatable bonds is 9. The van der Waals surface area contributed by atoms with E-state index in [2.05, 4.69) is 57.5 Å². The molecule has 1 N–H and O–H groups in total. The highest BCUT2D eigenvalue weighted by Gasteiger charge is 2.29. The van der Waals surface area contributed by atoms with Gasteiger partial charge in [-0.05, 0) is 88.9 Å². The lowest BCUT2D eigenvalue weighted by molar-refractivity contribution is 0.0983. The van der Waals surface area contributed by atoms with E-state index in [1.54, 1.807) is 7.11 Å². The van der Waals surface area contributed by atoms with Crippen molar-refractivity contribution in [1.29, 1.82) is 0 Å². The number of benzene rings is 1. The van der Waals surface area contributed by atoms with E-state index in [0.717, 1.165) is 60.3 Å². The maximum Gasteiger partial charge on any atom is 0.255 e. The molecule has 1 aliphatic heterocycles. The summed E-state index contributed by atoms with van der Waals surface area (Å²) in [5, 5.41) is 0.992. The number of aryl methyl sites for hydroxylation is 1. The maximum absolute atomic E-state index is 13.7. The van der Waals surface area contributed by atoms with E-state index in [9.17, 15) is 9.59 Å². The number of hydrogen-bond acceptors (Lipinski definition) is 5. The summed E-state index contributed by atoms with van der Waals surface area (Å²) in [6, 6.07) is 14.5. The van der Waals surface area contributed by atoms with E-state index < -0.39 is 0 Å². The zero-order valence-electron chi connectivity index (χ0n) is 23.4. The van der Waals surface area contributed by atoms with Crippen LogP contribution < -0.4 is 10.3 Å². The van der Waals surface area contributed by atoms with Crippen LogP contribution in [0.4, 0.5) is 0 Å².